The van der Waals surface area contributed by atoms with Crippen molar-refractivity contribution in [2.75, 3.05) is 13.7 Å². The van der Waals surface area contributed by atoms with Gasteiger partial charge in [-0.2, -0.15) is 0 Å². The Labute approximate surface area is 96.7 Å². The van der Waals surface area contributed by atoms with Crippen LogP contribution in [0.2, 0.25) is 0 Å². The van der Waals surface area contributed by atoms with Gasteiger partial charge in [-0.25, -0.2) is 0 Å². The predicted molar refractivity (Wildman–Crippen MR) is 60.2 cm³/mol. The molecule has 2 fully saturated rings. The predicted octanol–water partition coefficient (Wildman–Crippen LogP) is 1.24. The number of nitrogens with one attached hydrogen (secondary N) is 1. The van der Waals surface area contributed by atoms with Crippen LogP contribution in [0.25, 0.3) is 0 Å². The molecule has 0 aromatic carbocycles. The van der Waals surface area contributed by atoms with Gasteiger partial charge < -0.3 is 9.47 Å². The van der Waals surface area contributed by atoms with Crippen LogP contribution in [0.3, 0.4) is 0 Å². The molecule has 2 aliphatic rings. The van der Waals surface area contributed by atoms with Crippen molar-refractivity contribution in [3.05, 3.63) is 0 Å². The van der Waals surface area contributed by atoms with Crippen LogP contribution in [0, 0.1) is 0 Å². The van der Waals surface area contributed by atoms with Gasteiger partial charge in [-0.3, -0.25) is 10.1 Å². The molecule has 0 aromatic rings. The number of methoxy groups -OCH3 is 1. The Bertz CT molecular complexity index is 232. The quantitative estimate of drug-likeness (QED) is 0.734. The molecule has 92 valence electrons. The van der Waals surface area contributed by atoms with E-state index < -0.39 is 0 Å². The summed E-state index contributed by atoms with van der Waals surface area (Å²) in [6.07, 6.45) is 6.87. The topological polar surface area (TPSA) is 47.6 Å². The summed E-state index contributed by atoms with van der Waals surface area (Å²) in [5.41, 5.74) is 0. The van der Waals surface area contributed by atoms with Crippen LogP contribution in [-0.4, -0.2) is 37.9 Å². The maximum Gasteiger partial charge on any atom is 0.325 e. The summed E-state index contributed by atoms with van der Waals surface area (Å²) >= 11 is 0. The fourth-order valence-electron chi connectivity index (χ4n) is 2.67. The molecule has 1 aliphatic carbocycles. The van der Waals surface area contributed by atoms with Gasteiger partial charge >= 0.3 is 5.97 Å². The minimum Gasteiger partial charge on any atom is -0.468 e. The van der Waals surface area contributed by atoms with Crippen LogP contribution in [-0.2, 0) is 14.3 Å². The smallest absolute Gasteiger partial charge is 0.325 e. The molecule has 0 bridgehead atoms. The summed E-state index contributed by atoms with van der Waals surface area (Å²) in [4.78, 5) is 11.7. The van der Waals surface area contributed by atoms with Gasteiger partial charge in [0.05, 0.1) is 13.2 Å². The van der Waals surface area contributed by atoms with Crippen LogP contribution >= 0.6 is 0 Å². The van der Waals surface area contributed by atoms with E-state index in [2.05, 4.69) is 5.32 Å². The number of ether oxygens (including phenoxy) is 2. The maximum absolute atomic E-state index is 11.7. The summed E-state index contributed by atoms with van der Waals surface area (Å²) in [5.74, 6) is -0.182. The molecule has 0 amide bonds. The van der Waals surface area contributed by atoms with Gasteiger partial charge in [0.25, 0.3) is 0 Å². The van der Waals surface area contributed by atoms with E-state index in [-0.39, 0.29) is 18.1 Å². The van der Waals surface area contributed by atoms with Gasteiger partial charge in [-0.05, 0) is 25.7 Å². The van der Waals surface area contributed by atoms with Gasteiger partial charge in [-0.15, -0.1) is 0 Å². The second-order valence-corrected chi connectivity index (χ2v) is 4.70. The van der Waals surface area contributed by atoms with E-state index in [1.165, 1.54) is 32.8 Å². The lowest BCUT2D eigenvalue weighted by Gasteiger charge is -2.25. The van der Waals surface area contributed by atoms with E-state index >= 15 is 0 Å². The molecule has 16 heavy (non-hydrogen) atoms. The SMILES string of the molecule is COC(=O)C(NC1CCCC1)C1CCCO1. The molecule has 2 rings (SSSR count). The van der Waals surface area contributed by atoms with Crippen molar-refractivity contribution in [3.8, 4) is 0 Å². The average Bonchev–Trinajstić information content (AvgIpc) is 2.97. The average molecular weight is 227 g/mol. The molecule has 1 saturated heterocycles. The lowest BCUT2D eigenvalue weighted by molar-refractivity contribution is -0.146. The van der Waals surface area contributed by atoms with E-state index in [1.807, 2.05) is 0 Å². The Kier molecular flexibility index (Phi) is 4.18. The van der Waals surface area contributed by atoms with Gasteiger partial charge in [0.1, 0.15) is 6.04 Å². The fraction of sp³-hybridized carbons (Fsp3) is 0.917. The summed E-state index contributed by atoms with van der Waals surface area (Å²) in [6, 6.07) is 0.198. The van der Waals surface area contributed by atoms with Gasteiger partial charge in [0.15, 0.2) is 0 Å². The molecule has 0 aromatic heterocycles. The summed E-state index contributed by atoms with van der Waals surface area (Å²) in [6.45, 7) is 0.768. The fourth-order valence-corrected chi connectivity index (χ4v) is 2.67. The number of rotatable bonds is 4. The lowest BCUT2D eigenvalue weighted by atomic mass is 10.1. The van der Waals surface area contributed by atoms with Crippen molar-refractivity contribution in [2.45, 2.75) is 56.7 Å². The Hall–Kier alpha value is -0.610. The van der Waals surface area contributed by atoms with E-state index in [4.69, 9.17) is 9.47 Å². The highest BCUT2D eigenvalue weighted by atomic mass is 16.5. The monoisotopic (exact) mass is 227 g/mol. The first-order valence-corrected chi connectivity index (χ1v) is 6.26. The number of hydrogen-bond acceptors (Lipinski definition) is 4. The number of carbonyl (C=O) groups is 1. The Morgan fingerprint density at radius 2 is 2.06 bits per heavy atom. The molecule has 2 atom stereocenters. The van der Waals surface area contributed by atoms with Crippen molar-refractivity contribution in [1.82, 2.24) is 5.32 Å². The van der Waals surface area contributed by atoms with Crippen LogP contribution in [0.4, 0.5) is 0 Å². The normalized spacial score (nSPS) is 28.2. The van der Waals surface area contributed by atoms with Gasteiger partial charge in [-0.1, -0.05) is 12.8 Å². The lowest BCUT2D eigenvalue weighted by Crippen LogP contribution is -2.50. The Morgan fingerprint density at radius 1 is 1.31 bits per heavy atom. The van der Waals surface area contributed by atoms with Crippen LogP contribution in [0.1, 0.15) is 38.5 Å². The van der Waals surface area contributed by atoms with Gasteiger partial charge in [0, 0.05) is 12.6 Å². The Balaban J connectivity index is 1.92. The molecule has 1 saturated carbocycles. The number of hydrogen-bond donors (Lipinski definition) is 1. The van der Waals surface area contributed by atoms with Crippen LogP contribution in [0.15, 0.2) is 0 Å². The van der Waals surface area contributed by atoms with E-state index in [1.54, 1.807) is 0 Å². The second kappa shape index (κ2) is 5.64. The summed E-state index contributed by atoms with van der Waals surface area (Å²) in [5, 5.41) is 3.41. The maximum atomic E-state index is 11.7. The largest absolute Gasteiger partial charge is 0.468 e. The highest BCUT2D eigenvalue weighted by Gasteiger charge is 2.34. The zero-order chi connectivity index (χ0) is 11.4. The third kappa shape index (κ3) is 2.74. The first-order chi connectivity index (χ1) is 7.81. The number of esters is 1. The first kappa shape index (κ1) is 11.9. The molecule has 4 heteroatoms. The van der Waals surface area contributed by atoms with E-state index in [0.29, 0.717) is 6.04 Å². The molecule has 1 N–H and O–H groups in total. The molecular formula is C12H21NO3. The van der Waals surface area contributed by atoms with Crippen LogP contribution in [0.5, 0.6) is 0 Å². The molecule has 1 heterocycles. The summed E-state index contributed by atoms with van der Waals surface area (Å²) < 4.78 is 10.4. The minimum absolute atomic E-state index is 0.00745. The van der Waals surface area contributed by atoms with Crippen molar-refractivity contribution < 1.29 is 14.3 Å². The molecule has 0 spiro atoms. The minimum atomic E-state index is -0.268. The van der Waals surface area contributed by atoms with E-state index in [0.717, 1.165) is 19.4 Å². The zero-order valence-corrected chi connectivity index (χ0v) is 9.91. The van der Waals surface area contributed by atoms with Crippen molar-refractivity contribution in [1.29, 1.82) is 0 Å². The number of carbonyl (C=O) groups excluding carboxylic acids is 1. The van der Waals surface area contributed by atoms with Crippen molar-refractivity contribution >= 4 is 5.97 Å². The third-order valence-electron chi connectivity index (χ3n) is 3.56. The van der Waals surface area contributed by atoms with Crippen molar-refractivity contribution in [3.63, 3.8) is 0 Å². The summed E-state index contributed by atoms with van der Waals surface area (Å²) in [7, 11) is 1.45. The van der Waals surface area contributed by atoms with Crippen molar-refractivity contribution in [2.24, 2.45) is 0 Å². The van der Waals surface area contributed by atoms with E-state index in [9.17, 15) is 4.79 Å². The van der Waals surface area contributed by atoms with Crippen LogP contribution < -0.4 is 5.32 Å². The van der Waals surface area contributed by atoms with Gasteiger partial charge in [0.2, 0.25) is 0 Å². The molecular weight excluding hydrogens is 206 g/mol. The highest BCUT2D eigenvalue weighted by Crippen LogP contribution is 2.22. The third-order valence-corrected chi connectivity index (χ3v) is 3.56. The highest BCUT2D eigenvalue weighted by molar-refractivity contribution is 5.76. The zero-order valence-electron chi connectivity index (χ0n) is 9.91. The Morgan fingerprint density at radius 3 is 2.62 bits per heavy atom. The molecule has 4 nitrogen and oxygen atoms in total. The first-order valence-electron chi connectivity index (χ1n) is 6.26. The standard InChI is InChI=1S/C12H21NO3/c1-15-12(14)11(10-7-4-8-16-10)13-9-5-2-3-6-9/h9-11,13H,2-8H2,1H3. The molecule has 1 aliphatic heterocycles. The molecule has 0 radical (unpaired) electrons. The molecule has 2 unspecified atom stereocenters. The second-order valence-electron chi connectivity index (χ2n) is 4.70.